The number of H-pyrrole nitrogens is 2. The predicted molar refractivity (Wildman–Crippen MR) is 153 cm³/mol. The largest absolute Gasteiger partial charge is 0.383 e. The summed E-state index contributed by atoms with van der Waals surface area (Å²) in [5.74, 6) is 0.563. The Hall–Kier alpha value is -3.81. The zero-order valence-electron chi connectivity index (χ0n) is 20.7. The lowest BCUT2D eigenvalue weighted by molar-refractivity contribution is 0.589. The molecule has 3 heterocycles. The number of para-hydroxylation sites is 1. The van der Waals surface area contributed by atoms with Crippen molar-refractivity contribution in [2.75, 3.05) is 42.9 Å². The molecule has 0 radical (unpaired) electrons. The molecule has 3 aromatic carbocycles. The number of piperazine rings is 1. The van der Waals surface area contributed by atoms with Crippen molar-refractivity contribution in [1.82, 2.24) is 20.3 Å². The van der Waals surface area contributed by atoms with Crippen molar-refractivity contribution < 1.29 is 0 Å². The second-order valence-corrected chi connectivity index (χ2v) is 9.97. The second-order valence-electron chi connectivity index (χ2n) is 9.54. The summed E-state index contributed by atoms with van der Waals surface area (Å²) in [6.07, 6.45) is 0.772. The van der Waals surface area contributed by atoms with Crippen LogP contribution in [-0.2, 0) is 6.42 Å². The minimum absolute atomic E-state index is 0.178. The molecule has 1 saturated heterocycles. The van der Waals surface area contributed by atoms with Gasteiger partial charge >= 0.3 is 0 Å². The predicted octanol–water partition coefficient (Wildman–Crippen LogP) is 5.10. The highest BCUT2D eigenvalue weighted by atomic mass is 35.5. The first kappa shape index (κ1) is 23.6. The van der Waals surface area contributed by atoms with Crippen LogP contribution in [0.3, 0.4) is 0 Å². The number of anilines is 2. The Morgan fingerprint density at radius 2 is 1.84 bits per heavy atom. The molecule has 8 heteroatoms. The minimum atomic E-state index is -0.178. The van der Waals surface area contributed by atoms with Gasteiger partial charge in [-0.1, -0.05) is 41.9 Å². The molecular weight excluding hydrogens is 484 g/mol. The number of aromatic nitrogens is 3. The fourth-order valence-electron chi connectivity index (χ4n) is 5.17. The lowest BCUT2D eigenvalue weighted by Gasteiger charge is -2.29. The van der Waals surface area contributed by atoms with Gasteiger partial charge in [0, 0.05) is 48.8 Å². The molecule has 4 N–H and O–H groups in total. The minimum Gasteiger partial charge on any atom is -0.383 e. The third kappa shape index (κ3) is 4.68. The molecule has 188 valence electrons. The Labute approximate surface area is 219 Å². The molecule has 6 rings (SSSR count). The van der Waals surface area contributed by atoms with E-state index < -0.39 is 0 Å². The van der Waals surface area contributed by atoms with Crippen LogP contribution in [0.5, 0.6) is 0 Å². The SMILES string of the molecule is Cc1cc(N2CCNCC2)cc2[nH]c(-c3c(NCCc4cccc(Cl)c4)c4ccccc4[nH]c3=O)nc12. The lowest BCUT2D eigenvalue weighted by Crippen LogP contribution is -2.43. The normalized spacial score (nSPS) is 13.9. The number of imidazole rings is 1. The number of fused-ring (bicyclic) bond motifs is 2. The number of nitrogens with zero attached hydrogens (tertiary/aromatic N) is 2. The van der Waals surface area contributed by atoms with E-state index in [2.05, 4.69) is 50.6 Å². The summed E-state index contributed by atoms with van der Waals surface area (Å²) in [7, 11) is 0. The van der Waals surface area contributed by atoms with Crippen LogP contribution >= 0.6 is 11.6 Å². The third-order valence-electron chi connectivity index (χ3n) is 7.01. The van der Waals surface area contributed by atoms with Crippen LogP contribution in [0.15, 0.2) is 65.5 Å². The van der Waals surface area contributed by atoms with E-state index in [0.29, 0.717) is 17.9 Å². The van der Waals surface area contributed by atoms with Crippen molar-refractivity contribution in [1.29, 1.82) is 0 Å². The van der Waals surface area contributed by atoms with Gasteiger partial charge in [-0.2, -0.15) is 0 Å². The monoisotopic (exact) mass is 512 g/mol. The maximum atomic E-state index is 13.4. The molecular formula is C29H29ClN6O. The molecule has 0 bridgehead atoms. The number of hydrogen-bond donors (Lipinski definition) is 4. The molecule has 0 spiro atoms. The standard InChI is InChI=1S/C29H29ClN6O/c1-18-15-21(36-13-11-31-12-14-36)17-24-26(18)35-28(33-24)25-27(22-7-2-3-8-23(22)34-29(25)37)32-10-9-19-5-4-6-20(30)16-19/h2-8,15-17,31H,9-14H2,1H3,(H,33,35)(H2,32,34,37). The van der Waals surface area contributed by atoms with E-state index in [1.807, 2.05) is 42.5 Å². The fourth-order valence-corrected chi connectivity index (χ4v) is 5.39. The molecule has 0 atom stereocenters. The van der Waals surface area contributed by atoms with Crippen molar-refractivity contribution in [3.05, 3.63) is 87.2 Å². The van der Waals surface area contributed by atoms with Crippen LogP contribution in [0.4, 0.5) is 11.4 Å². The maximum absolute atomic E-state index is 13.4. The van der Waals surface area contributed by atoms with Crippen LogP contribution in [0.1, 0.15) is 11.1 Å². The fraction of sp³-hybridized carbons (Fsp3) is 0.241. The first-order valence-electron chi connectivity index (χ1n) is 12.7. The summed E-state index contributed by atoms with van der Waals surface area (Å²) in [6, 6.07) is 20.0. The summed E-state index contributed by atoms with van der Waals surface area (Å²) in [5, 5.41) is 8.62. The number of pyridine rings is 1. The molecule has 1 fully saturated rings. The van der Waals surface area contributed by atoms with Gasteiger partial charge in [-0.3, -0.25) is 4.79 Å². The van der Waals surface area contributed by atoms with E-state index in [0.717, 1.165) is 76.4 Å². The molecule has 0 aliphatic carbocycles. The highest BCUT2D eigenvalue weighted by Gasteiger charge is 2.20. The van der Waals surface area contributed by atoms with Gasteiger partial charge in [0.1, 0.15) is 11.4 Å². The first-order chi connectivity index (χ1) is 18.1. The Morgan fingerprint density at radius 3 is 2.68 bits per heavy atom. The first-order valence-corrected chi connectivity index (χ1v) is 13.0. The van der Waals surface area contributed by atoms with Crippen LogP contribution < -0.4 is 21.1 Å². The van der Waals surface area contributed by atoms with Gasteiger partial charge in [0.2, 0.25) is 0 Å². The molecule has 0 amide bonds. The Bertz CT molecular complexity index is 1650. The third-order valence-corrected chi connectivity index (χ3v) is 7.24. The highest BCUT2D eigenvalue weighted by Crippen LogP contribution is 2.33. The van der Waals surface area contributed by atoms with Crippen LogP contribution in [0.2, 0.25) is 5.02 Å². The maximum Gasteiger partial charge on any atom is 0.261 e. The summed E-state index contributed by atoms with van der Waals surface area (Å²) in [5.41, 5.74) is 7.11. The second kappa shape index (κ2) is 9.92. The molecule has 5 aromatic rings. The van der Waals surface area contributed by atoms with Gasteiger partial charge in [-0.05, 0) is 54.8 Å². The Morgan fingerprint density at radius 1 is 1.00 bits per heavy atom. The van der Waals surface area contributed by atoms with Crippen molar-refractivity contribution >= 4 is 44.9 Å². The van der Waals surface area contributed by atoms with Crippen LogP contribution in [0, 0.1) is 6.92 Å². The van der Waals surface area contributed by atoms with Gasteiger partial charge in [0.05, 0.1) is 22.2 Å². The van der Waals surface area contributed by atoms with E-state index in [4.69, 9.17) is 16.6 Å². The van der Waals surface area contributed by atoms with Crippen LogP contribution in [0.25, 0.3) is 33.3 Å². The number of rotatable bonds is 6. The zero-order valence-corrected chi connectivity index (χ0v) is 21.5. The molecule has 0 unspecified atom stereocenters. The molecule has 7 nitrogen and oxygen atoms in total. The number of halogens is 1. The van der Waals surface area contributed by atoms with Gasteiger partial charge in [0.25, 0.3) is 5.56 Å². The van der Waals surface area contributed by atoms with Gasteiger partial charge in [-0.25, -0.2) is 4.98 Å². The molecule has 1 aliphatic heterocycles. The molecule has 0 saturated carbocycles. The van der Waals surface area contributed by atoms with E-state index >= 15 is 0 Å². The highest BCUT2D eigenvalue weighted by molar-refractivity contribution is 6.30. The summed E-state index contributed by atoms with van der Waals surface area (Å²) < 4.78 is 0. The number of benzene rings is 3. The van der Waals surface area contributed by atoms with Gasteiger partial charge in [0.15, 0.2) is 0 Å². The van der Waals surface area contributed by atoms with E-state index in [1.54, 1.807) is 0 Å². The Kier molecular flexibility index (Phi) is 6.32. The van der Waals surface area contributed by atoms with Gasteiger partial charge < -0.3 is 25.5 Å². The van der Waals surface area contributed by atoms with Crippen molar-refractivity contribution in [3.8, 4) is 11.4 Å². The quantitative estimate of drug-likeness (QED) is 0.254. The number of aromatic amines is 2. The number of aryl methyl sites for hydroxylation is 1. The van der Waals surface area contributed by atoms with Crippen LogP contribution in [-0.4, -0.2) is 47.7 Å². The topological polar surface area (TPSA) is 88.8 Å². The van der Waals surface area contributed by atoms with E-state index in [1.165, 1.54) is 5.69 Å². The molecule has 37 heavy (non-hydrogen) atoms. The van der Waals surface area contributed by atoms with E-state index in [9.17, 15) is 4.79 Å². The van der Waals surface area contributed by atoms with Crippen molar-refractivity contribution in [3.63, 3.8) is 0 Å². The van der Waals surface area contributed by atoms with Crippen molar-refractivity contribution in [2.45, 2.75) is 13.3 Å². The summed E-state index contributed by atoms with van der Waals surface area (Å²) in [4.78, 5) is 27.2. The summed E-state index contributed by atoms with van der Waals surface area (Å²) >= 11 is 6.17. The summed E-state index contributed by atoms with van der Waals surface area (Å²) in [6.45, 7) is 6.61. The Balaban J connectivity index is 1.41. The average molecular weight is 513 g/mol. The van der Waals surface area contributed by atoms with Crippen molar-refractivity contribution in [2.24, 2.45) is 0 Å². The number of hydrogen-bond acceptors (Lipinski definition) is 5. The molecule has 1 aliphatic rings. The number of nitrogens with one attached hydrogen (secondary N) is 4. The smallest absolute Gasteiger partial charge is 0.261 e. The van der Waals surface area contributed by atoms with Gasteiger partial charge in [-0.15, -0.1) is 0 Å². The average Bonchev–Trinajstić information content (AvgIpc) is 3.33. The lowest BCUT2D eigenvalue weighted by atomic mass is 10.1. The molecule has 2 aromatic heterocycles. The van der Waals surface area contributed by atoms with E-state index in [-0.39, 0.29) is 5.56 Å². The zero-order chi connectivity index (χ0) is 25.4.